The summed E-state index contributed by atoms with van der Waals surface area (Å²) in [7, 11) is 0. The lowest BCUT2D eigenvalue weighted by Gasteiger charge is -2.34. The van der Waals surface area contributed by atoms with Crippen LogP contribution in [0, 0.1) is 0 Å². The van der Waals surface area contributed by atoms with Crippen LogP contribution in [0.3, 0.4) is 0 Å². The van der Waals surface area contributed by atoms with E-state index in [0.29, 0.717) is 0 Å². The van der Waals surface area contributed by atoms with Gasteiger partial charge in [-0.25, -0.2) is 0 Å². The zero-order valence-electron chi connectivity index (χ0n) is 14.6. The second kappa shape index (κ2) is 10.7. The third-order valence-electron chi connectivity index (χ3n) is 4.55. The van der Waals surface area contributed by atoms with Crippen molar-refractivity contribution in [2.24, 2.45) is 0 Å². The molecule has 1 aliphatic rings. The van der Waals surface area contributed by atoms with Crippen LogP contribution in [0.5, 0.6) is 0 Å². The number of benzene rings is 2. The fraction of sp³-hybridized carbons (Fsp3) is 0.333. The van der Waals surface area contributed by atoms with Gasteiger partial charge in [0.05, 0.1) is 6.61 Å². The standard InChI is InChI=1S/C21H26N2O.HI/c24-18-21-10-8-20(9-11-21)17-23-15-13-22(14-16-23)12-4-7-19-5-2-1-3-6-19;/h1-11,24H,12-18H2;1H/b7-4+;. The molecule has 1 N–H and O–H groups in total. The zero-order valence-corrected chi connectivity index (χ0v) is 16.9. The van der Waals surface area contributed by atoms with Crippen LogP contribution >= 0.6 is 24.0 Å². The van der Waals surface area contributed by atoms with E-state index in [1.165, 1.54) is 11.1 Å². The molecule has 0 spiro atoms. The summed E-state index contributed by atoms with van der Waals surface area (Å²) in [5.74, 6) is 0. The molecule has 1 heterocycles. The van der Waals surface area contributed by atoms with Gasteiger partial charge in [0.25, 0.3) is 0 Å². The van der Waals surface area contributed by atoms with Crippen LogP contribution in [0.4, 0.5) is 0 Å². The molecular formula is C21H27IN2O. The highest BCUT2D eigenvalue weighted by Crippen LogP contribution is 2.10. The summed E-state index contributed by atoms with van der Waals surface area (Å²) in [6.07, 6.45) is 4.47. The van der Waals surface area contributed by atoms with Crippen molar-refractivity contribution in [1.82, 2.24) is 9.80 Å². The number of aliphatic hydroxyl groups is 1. The first kappa shape index (κ1) is 20.1. The zero-order chi connectivity index (χ0) is 16.6. The Morgan fingerprint density at radius 2 is 1.40 bits per heavy atom. The van der Waals surface area contributed by atoms with Crippen molar-refractivity contribution < 1.29 is 5.11 Å². The maximum Gasteiger partial charge on any atom is 0.0681 e. The highest BCUT2D eigenvalue weighted by atomic mass is 127. The van der Waals surface area contributed by atoms with E-state index in [0.717, 1.165) is 44.8 Å². The van der Waals surface area contributed by atoms with E-state index in [1.54, 1.807) is 0 Å². The fourth-order valence-corrected chi connectivity index (χ4v) is 3.04. The lowest BCUT2D eigenvalue weighted by atomic mass is 10.1. The Kier molecular flexibility index (Phi) is 8.61. The number of halogens is 1. The lowest BCUT2D eigenvalue weighted by molar-refractivity contribution is 0.137. The van der Waals surface area contributed by atoms with Crippen LogP contribution in [0.25, 0.3) is 6.08 Å². The van der Waals surface area contributed by atoms with E-state index < -0.39 is 0 Å². The van der Waals surface area contributed by atoms with Crippen molar-refractivity contribution in [1.29, 1.82) is 0 Å². The Balaban J connectivity index is 0.00000225. The highest BCUT2D eigenvalue weighted by Gasteiger charge is 2.15. The Morgan fingerprint density at radius 1 is 0.800 bits per heavy atom. The van der Waals surface area contributed by atoms with Gasteiger partial charge in [-0.05, 0) is 16.7 Å². The van der Waals surface area contributed by atoms with Crippen LogP contribution in [0.2, 0.25) is 0 Å². The molecule has 1 aliphatic heterocycles. The largest absolute Gasteiger partial charge is 0.392 e. The van der Waals surface area contributed by atoms with Crippen molar-refractivity contribution in [3.63, 3.8) is 0 Å². The summed E-state index contributed by atoms with van der Waals surface area (Å²) in [5.41, 5.74) is 3.57. The van der Waals surface area contributed by atoms with E-state index in [4.69, 9.17) is 5.11 Å². The van der Waals surface area contributed by atoms with E-state index in [1.807, 2.05) is 18.2 Å². The first-order chi connectivity index (χ1) is 11.8. The molecule has 0 aromatic heterocycles. The predicted octanol–water partition coefficient (Wildman–Crippen LogP) is 3.63. The van der Waals surface area contributed by atoms with Gasteiger partial charge in [-0.3, -0.25) is 9.80 Å². The summed E-state index contributed by atoms with van der Waals surface area (Å²) in [6, 6.07) is 18.7. The van der Waals surface area contributed by atoms with Crippen molar-refractivity contribution in [2.75, 3.05) is 32.7 Å². The van der Waals surface area contributed by atoms with Crippen molar-refractivity contribution in [3.8, 4) is 0 Å². The molecule has 134 valence electrons. The van der Waals surface area contributed by atoms with Crippen LogP contribution < -0.4 is 0 Å². The maximum atomic E-state index is 9.10. The number of piperazine rings is 1. The second-order valence-corrected chi connectivity index (χ2v) is 6.36. The van der Waals surface area contributed by atoms with Gasteiger partial charge < -0.3 is 5.11 Å². The molecule has 2 aromatic rings. The second-order valence-electron chi connectivity index (χ2n) is 6.36. The summed E-state index contributed by atoms with van der Waals surface area (Å²) in [6.45, 7) is 6.60. The number of rotatable bonds is 6. The van der Waals surface area contributed by atoms with Crippen LogP contribution in [0.1, 0.15) is 16.7 Å². The average Bonchev–Trinajstić information content (AvgIpc) is 2.65. The third-order valence-corrected chi connectivity index (χ3v) is 4.55. The topological polar surface area (TPSA) is 26.7 Å². The van der Waals surface area contributed by atoms with Gasteiger partial charge in [-0.15, -0.1) is 24.0 Å². The van der Waals surface area contributed by atoms with Gasteiger partial charge >= 0.3 is 0 Å². The molecule has 3 nitrogen and oxygen atoms in total. The minimum absolute atomic E-state index is 0. The van der Waals surface area contributed by atoms with E-state index in [2.05, 4.69) is 58.4 Å². The van der Waals surface area contributed by atoms with Crippen molar-refractivity contribution in [2.45, 2.75) is 13.2 Å². The van der Waals surface area contributed by atoms with Gasteiger partial charge in [0.1, 0.15) is 0 Å². The molecule has 4 heteroatoms. The molecule has 25 heavy (non-hydrogen) atoms. The molecular weight excluding hydrogens is 423 g/mol. The summed E-state index contributed by atoms with van der Waals surface area (Å²) < 4.78 is 0. The molecule has 1 fully saturated rings. The molecule has 1 saturated heterocycles. The third kappa shape index (κ3) is 6.55. The number of hydrogen-bond donors (Lipinski definition) is 1. The maximum absolute atomic E-state index is 9.10. The molecule has 0 unspecified atom stereocenters. The van der Waals surface area contributed by atoms with Gasteiger partial charge in [0, 0.05) is 39.3 Å². The number of nitrogens with zero attached hydrogens (tertiary/aromatic N) is 2. The summed E-state index contributed by atoms with van der Waals surface area (Å²) in [5, 5.41) is 9.10. The number of aliphatic hydroxyl groups excluding tert-OH is 1. The van der Waals surface area contributed by atoms with Gasteiger partial charge in [-0.2, -0.15) is 0 Å². The highest BCUT2D eigenvalue weighted by molar-refractivity contribution is 14.0. The molecule has 0 bridgehead atoms. The quantitative estimate of drug-likeness (QED) is 0.682. The molecule has 0 atom stereocenters. The lowest BCUT2D eigenvalue weighted by Crippen LogP contribution is -2.45. The van der Waals surface area contributed by atoms with Crippen LogP contribution in [-0.2, 0) is 13.2 Å². The van der Waals surface area contributed by atoms with Crippen LogP contribution in [-0.4, -0.2) is 47.6 Å². The average molecular weight is 450 g/mol. The normalized spacial score (nSPS) is 16.0. The Hall–Kier alpha value is -1.21. The molecule has 0 radical (unpaired) electrons. The molecule has 0 aliphatic carbocycles. The fourth-order valence-electron chi connectivity index (χ4n) is 3.04. The monoisotopic (exact) mass is 450 g/mol. The summed E-state index contributed by atoms with van der Waals surface area (Å²) in [4.78, 5) is 5.01. The number of hydrogen-bond acceptors (Lipinski definition) is 3. The first-order valence-corrected chi connectivity index (χ1v) is 8.68. The molecule has 0 amide bonds. The minimum atomic E-state index is 0. The van der Waals surface area contributed by atoms with E-state index in [9.17, 15) is 0 Å². The van der Waals surface area contributed by atoms with Crippen LogP contribution in [0.15, 0.2) is 60.7 Å². The van der Waals surface area contributed by atoms with Gasteiger partial charge in [0.2, 0.25) is 0 Å². The van der Waals surface area contributed by atoms with E-state index in [-0.39, 0.29) is 30.6 Å². The smallest absolute Gasteiger partial charge is 0.0681 e. The van der Waals surface area contributed by atoms with Gasteiger partial charge in [-0.1, -0.05) is 66.7 Å². The Bertz CT molecular complexity index is 635. The molecule has 0 saturated carbocycles. The minimum Gasteiger partial charge on any atom is -0.392 e. The van der Waals surface area contributed by atoms with E-state index >= 15 is 0 Å². The Labute approximate surface area is 168 Å². The first-order valence-electron chi connectivity index (χ1n) is 8.68. The SMILES string of the molecule is I.OCc1ccc(CN2CCN(C/C=C/c3ccccc3)CC2)cc1. The molecule has 2 aromatic carbocycles. The Morgan fingerprint density at radius 3 is 2.04 bits per heavy atom. The summed E-state index contributed by atoms with van der Waals surface area (Å²) >= 11 is 0. The van der Waals surface area contributed by atoms with Crippen molar-refractivity contribution in [3.05, 3.63) is 77.4 Å². The predicted molar refractivity (Wildman–Crippen MR) is 115 cm³/mol. The van der Waals surface area contributed by atoms with Crippen molar-refractivity contribution >= 4 is 30.1 Å². The van der Waals surface area contributed by atoms with Gasteiger partial charge in [0.15, 0.2) is 0 Å². The molecule has 3 rings (SSSR count).